The molecule has 2 aromatic rings. The Morgan fingerprint density at radius 1 is 1.24 bits per heavy atom. The molecular formula is C16H14N2O2S. The highest BCUT2D eigenvalue weighted by Crippen LogP contribution is 2.33. The van der Waals surface area contributed by atoms with Crippen LogP contribution >= 0.6 is 11.3 Å². The fraction of sp³-hybridized carbons (Fsp3) is 0.188. The number of carbonyl (C=O) groups excluding carboxylic acids is 2. The molecule has 2 rings (SSSR count). The molecule has 1 N–H and O–H groups in total. The number of hydrogen-bond donors (Lipinski definition) is 1. The number of rotatable bonds is 3. The largest absolute Gasteiger partial charge is 0.312 e. The first-order valence-corrected chi connectivity index (χ1v) is 7.18. The first kappa shape index (κ1) is 14.9. The standard InChI is InChI=1S/C16H14N2O2S/c1-9-6-4-5-7-12(9)15(20)18-16-13(8-17)10(2)14(21-16)11(3)19/h4-7H,1-3H3,(H,18,20). The van der Waals surface area contributed by atoms with Crippen LogP contribution < -0.4 is 5.32 Å². The van der Waals surface area contributed by atoms with Crippen LogP contribution in [0.3, 0.4) is 0 Å². The van der Waals surface area contributed by atoms with Crippen molar-refractivity contribution in [3.63, 3.8) is 0 Å². The molecule has 0 saturated heterocycles. The summed E-state index contributed by atoms with van der Waals surface area (Å²) in [5.41, 5.74) is 2.38. The molecule has 0 fully saturated rings. The summed E-state index contributed by atoms with van der Waals surface area (Å²) in [4.78, 5) is 24.3. The number of nitrogens with one attached hydrogen (secondary N) is 1. The Morgan fingerprint density at radius 2 is 1.90 bits per heavy atom. The molecular weight excluding hydrogens is 284 g/mol. The number of aryl methyl sites for hydroxylation is 1. The van der Waals surface area contributed by atoms with Gasteiger partial charge in [0, 0.05) is 5.56 Å². The highest BCUT2D eigenvalue weighted by atomic mass is 32.1. The highest BCUT2D eigenvalue weighted by Gasteiger charge is 2.20. The number of amides is 1. The van der Waals surface area contributed by atoms with E-state index in [1.807, 2.05) is 19.1 Å². The smallest absolute Gasteiger partial charge is 0.256 e. The average molecular weight is 298 g/mol. The third kappa shape index (κ3) is 2.86. The molecule has 0 aliphatic rings. The van der Waals surface area contributed by atoms with E-state index in [-0.39, 0.29) is 11.7 Å². The van der Waals surface area contributed by atoms with Crippen LogP contribution in [0.5, 0.6) is 0 Å². The maximum Gasteiger partial charge on any atom is 0.256 e. The number of hydrogen-bond acceptors (Lipinski definition) is 4. The number of benzene rings is 1. The number of Topliss-reactive ketones (excluding diaryl/α,β-unsaturated/α-hetero) is 1. The van der Waals surface area contributed by atoms with E-state index in [4.69, 9.17) is 0 Å². The molecule has 1 aromatic heterocycles. The Morgan fingerprint density at radius 3 is 2.48 bits per heavy atom. The Balaban J connectivity index is 2.39. The van der Waals surface area contributed by atoms with Gasteiger partial charge in [0.1, 0.15) is 11.1 Å². The molecule has 0 saturated carbocycles. The van der Waals surface area contributed by atoms with Crippen molar-refractivity contribution in [2.75, 3.05) is 5.32 Å². The van der Waals surface area contributed by atoms with Gasteiger partial charge in [-0.15, -0.1) is 11.3 Å². The lowest BCUT2D eigenvalue weighted by atomic mass is 10.1. The monoisotopic (exact) mass is 298 g/mol. The number of carbonyl (C=O) groups is 2. The lowest BCUT2D eigenvalue weighted by Crippen LogP contribution is -2.13. The second-order valence-corrected chi connectivity index (χ2v) is 5.72. The van der Waals surface area contributed by atoms with Gasteiger partial charge in [0.25, 0.3) is 5.91 Å². The summed E-state index contributed by atoms with van der Waals surface area (Å²) in [7, 11) is 0. The molecule has 1 amide bonds. The van der Waals surface area contributed by atoms with Crippen molar-refractivity contribution in [1.82, 2.24) is 0 Å². The zero-order valence-electron chi connectivity index (χ0n) is 12.0. The van der Waals surface area contributed by atoms with Gasteiger partial charge in [-0.25, -0.2) is 0 Å². The number of ketones is 1. The van der Waals surface area contributed by atoms with Crippen molar-refractivity contribution < 1.29 is 9.59 Å². The molecule has 4 nitrogen and oxygen atoms in total. The second kappa shape index (κ2) is 5.90. The molecule has 0 atom stereocenters. The molecule has 0 aliphatic heterocycles. The zero-order chi connectivity index (χ0) is 15.6. The Labute approximate surface area is 127 Å². The first-order valence-electron chi connectivity index (χ1n) is 6.37. The van der Waals surface area contributed by atoms with Crippen LogP contribution in [0.1, 0.15) is 43.6 Å². The number of anilines is 1. The van der Waals surface area contributed by atoms with E-state index in [9.17, 15) is 14.9 Å². The molecule has 0 spiro atoms. The molecule has 106 valence electrons. The highest BCUT2D eigenvalue weighted by molar-refractivity contribution is 7.18. The van der Waals surface area contributed by atoms with E-state index in [0.29, 0.717) is 26.6 Å². The summed E-state index contributed by atoms with van der Waals surface area (Å²) in [5, 5.41) is 12.4. The van der Waals surface area contributed by atoms with Crippen molar-refractivity contribution in [1.29, 1.82) is 5.26 Å². The molecule has 5 heteroatoms. The van der Waals surface area contributed by atoms with E-state index < -0.39 is 0 Å². The van der Waals surface area contributed by atoms with Gasteiger partial charge < -0.3 is 5.32 Å². The summed E-state index contributed by atoms with van der Waals surface area (Å²) in [6, 6.07) is 9.27. The van der Waals surface area contributed by atoms with Crippen LogP contribution in [0.4, 0.5) is 5.00 Å². The van der Waals surface area contributed by atoms with E-state index in [2.05, 4.69) is 11.4 Å². The van der Waals surface area contributed by atoms with Gasteiger partial charge in [-0.3, -0.25) is 9.59 Å². The Kier molecular flexibility index (Phi) is 4.20. The topological polar surface area (TPSA) is 70.0 Å². The lowest BCUT2D eigenvalue weighted by Gasteiger charge is -2.06. The van der Waals surface area contributed by atoms with Crippen molar-refractivity contribution in [2.24, 2.45) is 0 Å². The summed E-state index contributed by atoms with van der Waals surface area (Å²) in [6.07, 6.45) is 0. The van der Waals surface area contributed by atoms with Gasteiger partial charge in [-0.05, 0) is 38.0 Å². The van der Waals surface area contributed by atoms with Crippen LogP contribution in [0.2, 0.25) is 0 Å². The van der Waals surface area contributed by atoms with Gasteiger partial charge >= 0.3 is 0 Å². The fourth-order valence-electron chi connectivity index (χ4n) is 2.07. The van der Waals surface area contributed by atoms with Gasteiger partial charge in [-0.2, -0.15) is 5.26 Å². The lowest BCUT2D eigenvalue weighted by molar-refractivity contribution is 0.101. The molecule has 0 bridgehead atoms. The van der Waals surface area contributed by atoms with Crippen LogP contribution in [0, 0.1) is 25.2 Å². The maximum atomic E-state index is 12.3. The first-order chi connectivity index (χ1) is 9.95. The van der Waals surface area contributed by atoms with Gasteiger partial charge in [0.15, 0.2) is 5.78 Å². The van der Waals surface area contributed by atoms with Gasteiger partial charge in [0.05, 0.1) is 10.4 Å². The predicted octanol–water partition coefficient (Wildman–Crippen LogP) is 3.69. The summed E-state index contributed by atoms with van der Waals surface area (Å²) >= 11 is 1.14. The van der Waals surface area contributed by atoms with Crippen LogP contribution in [0.15, 0.2) is 24.3 Å². The molecule has 1 heterocycles. The van der Waals surface area contributed by atoms with Gasteiger partial charge in [0.2, 0.25) is 0 Å². The zero-order valence-corrected chi connectivity index (χ0v) is 12.8. The normalized spacial score (nSPS) is 10.0. The summed E-state index contributed by atoms with van der Waals surface area (Å²) in [6.45, 7) is 5.02. The average Bonchev–Trinajstić information content (AvgIpc) is 2.75. The van der Waals surface area contributed by atoms with Crippen molar-refractivity contribution in [3.8, 4) is 6.07 Å². The van der Waals surface area contributed by atoms with Gasteiger partial charge in [-0.1, -0.05) is 18.2 Å². The Bertz CT molecular complexity index is 769. The van der Waals surface area contributed by atoms with E-state index in [0.717, 1.165) is 16.9 Å². The van der Waals surface area contributed by atoms with E-state index in [1.54, 1.807) is 19.1 Å². The fourth-order valence-corrected chi connectivity index (χ4v) is 3.12. The SMILES string of the molecule is CC(=O)c1sc(NC(=O)c2ccccc2C)c(C#N)c1C. The second-order valence-electron chi connectivity index (χ2n) is 4.70. The molecule has 21 heavy (non-hydrogen) atoms. The van der Waals surface area contributed by atoms with E-state index in [1.165, 1.54) is 6.92 Å². The third-order valence-electron chi connectivity index (χ3n) is 3.20. The minimum absolute atomic E-state index is 0.106. The molecule has 0 aliphatic carbocycles. The number of thiophene rings is 1. The molecule has 0 unspecified atom stereocenters. The van der Waals surface area contributed by atoms with E-state index >= 15 is 0 Å². The van der Waals surface area contributed by atoms with Crippen LogP contribution in [0.25, 0.3) is 0 Å². The maximum absolute atomic E-state index is 12.3. The van der Waals surface area contributed by atoms with Crippen molar-refractivity contribution >= 4 is 28.0 Å². The minimum Gasteiger partial charge on any atom is -0.312 e. The van der Waals surface area contributed by atoms with Crippen LogP contribution in [-0.2, 0) is 0 Å². The summed E-state index contributed by atoms with van der Waals surface area (Å²) < 4.78 is 0. The van der Waals surface area contributed by atoms with Crippen molar-refractivity contribution in [3.05, 3.63) is 51.4 Å². The number of nitriles is 1. The van der Waals surface area contributed by atoms with Crippen molar-refractivity contribution in [2.45, 2.75) is 20.8 Å². The quantitative estimate of drug-likeness (QED) is 0.878. The Hall–Kier alpha value is -2.45. The minimum atomic E-state index is -0.277. The molecule has 1 aromatic carbocycles. The predicted molar refractivity (Wildman–Crippen MR) is 82.9 cm³/mol. The number of nitrogens with zero attached hydrogens (tertiary/aromatic N) is 1. The summed E-state index contributed by atoms with van der Waals surface area (Å²) in [5.74, 6) is -0.383. The molecule has 0 radical (unpaired) electrons. The van der Waals surface area contributed by atoms with Crippen LogP contribution in [-0.4, -0.2) is 11.7 Å². The third-order valence-corrected chi connectivity index (χ3v) is 4.50.